The van der Waals surface area contributed by atoms with Gasteiger partial charge in [0, 0.05) is 17.6 Å². The zero-order chi connectivity index (χ0) is 11.9. The second-order valence-corrected chi connectivity index (χ2v) is 3.91. The van der Waals surface area contributed by atoms with Crippen LogP contribution in [0.1, 0.15) is 13.3 Å². The van der Waals surface area contributed by atoms with Crippen LogP contribution in [0.4, 0.5) is 0 Å². The number of hydrogen-bond acceptors (Lipinski definition) is 3. The van der Waals surface area contributed by atoms with Crippen molar-refractivity contribution in [1.82, 2.24) is 10.3 Å². The van der Waals surface area contributed by atoms with Gasteiger partial charge in [-0.1, -0.05) is 13.0 Å². The van der Waals surface area contributed by atoms with E-state index in [4.69, 9.17) is 4.74 Å². The lowest BCUT2D eigenvalue weighted by Gasteiger charge is -2.07. The van der Waals surface area contributed by atoms with Gasteiger partial charge in [-0.2, -0.15) is 0 Å². The lowest BCUT2D eigenvalue weighted by Crippen LogP contribution is -2.16. The zero-order valence-corrected chi connectivity index (χ0v) is 10.1. The van der Waals surface area contributed by atoms with Gasteiger partial charge in [-0.25, -0.2) is 0 Å². The third-order valence-corrected chi connectivity index (χ3v) is 2.59. The number of nitrogens with one attached hydrogen (secondary N) is 1. The molecule has 0 bridgehead atoms. The molecule has 17 heavy (non-hydrogen) atoms. The van der Waals surface area contributed by atoms with Crippen LogP contribution in [0.25, 0.3) is 10.9 Å². The summed E-state index contributed by atoms with van der Waals surface area (Å²) >= 11 is 0. The molecule has 0 amide bonds. The van der Waals surface area contributed by atoms with E-state index in [0.717, 1.165) is 42.8 Å². The minimum Gasteiger partial charge on any atom is -0.493 e. The van der Waals surface area contributed by atoms with Gasteiger partial charge < -0.3 is 10.1 Å². The van der Waals surface area contributed by atoms with Crippen molar-refractivity contribution in [2.45, 2.75) is 13.3 Å². The maximum absolute atomic E-state index is 5.68. The Balaban J connectivity index is 1.90. The van der Waals surface area contributed by atoms with Gasteiger partial charge in [0.15, 0.2) is 0 Å². The molecular formula is C14H18N2O. The molecule has 2 aromatic rings. The largest absolute Gasteiger partial charge is 0.493 e. The van der Waals surface area contributed by atoms with Crippen molar-refractivity contribution in [1.29, 1.82) is 0 Å². The van der Waals surface area contributed by atoms with Gasteiger partial charge in [0.25, 0.3) is 0 Å². The number of pyridine rings is 1. The minimum absolute atomic E-state index is 0.741. The molecule has 1 heterocycles. The highest BCUT2D eigenvalue weighted by Gasteiger charge is 1.97. The molecule has 0 saturated heterocycles. The van der Waals surface area contributed by atoms with Crippen LogP contribution >= 0.6 is 0 Å². The van der Waals surface area contributed by atoms with E-state index in [9.17, 15) is 0 Å². The van der Waals surface area contributed by atoms with Crippen molar-refractivity contribution in [3.05, 3.63) is 36.5 Å². The Morgan fingerprint density at radius 1 is 1.29 bits per heavy atom. The predicted molar refractivity (Wildman–Crippen MR) is 70.4 cm³/mol. The molecule has 3 nitrogen and oxygen atoms in total. The Hall–Kier alpha value is -1.61. The van der Waals surface area contributed by atoms with Crippen LogP contribution in [-0.4, -0.2) is 24.7 Å². The summed E-state index contributed by atoms with van der Waals surface area (Å²) in [7, 11) is 0. The van der Waals surface area contributed by atoms with Crippen LogP contribution in [-0.2, 0) is 0 Å². The number of benzene rings is 1. The third kappa shape index (κ3) is 3.43. The van der Waals surface area contributed by atoms with E-state index in [2.05, 4.69) is 23.3 Å². The van der Waals surface area contributed by atoms with E-state index in [1.165, 1.54) is 0 Å². The summed E-state index contributed by atoms with van der Waals surface area (Å²) in [6, 6.07) is 10.0. The normalized spacial score (nSPS) is 10.6. The highest BCUT2D eigenvalue weighted by Crippen LogP contribution is 2.18. The molecule has 90 valence electrons. The van der Waals surface area contributed by atoms with Crippen LogP contribution in [0.3, 0.4) is 0 Å². The van der Waals surface area contributed by atoms with Gasteiger partial charge in [0.1, 0.15) is 5.75 Å². The fourth-order valence-electron chi connectivity index (χ4n) is 1.70. The molecular weight excluding hydrogens is 212 g/mol. The number of fused-ring (bicyclic) bond motifs is 1. The number of rotatable bonds is 6. The standard InChI is InChI=1S/C14H18N2O/c1-2-15-8-4-10-17-13-7-6-12-5-3-9-16-14(12)11-13/h3,5-7,9,11,15H,2,4,8,10H2,1H3. The number of aromatic nitrogens is 1. The zero-order valence-electron chi connectivity index (χ0n) is 10.1. The van der Waals surface area contributed by atoms with Crippen LogP contribution in [0, 0.1) is 0 Å². The predicted octanol–water partition coefficient (Wildman–Crippen LogP) is 2.61. The Morgan fingerprint density at radius 2 is 2.24 bits per heavy atom. The monoisotopic (exact) mass is 230 g/mol. The Bertz CT molecular complexity index is 470. The van der Waals surface area contributed by atoms with Gasteiger partial charge in [0.05, 0.1) is 12.1 Å². The SMILES string of the molecule is CCNCCCOc1ccc2cccnc2c1. The molecule has 0 aliphatic rings. The minimum atomic E-state index is 0.741. The molecule has 0 fully saturated rings. The lowest BCUT2D eigenvalue weighted by atomic mass is 10.2. The molecule has 3 heteroatoms. The lowest BCUT2D eigenvalue weighted by molar-refractivity contribution is 0.309. The van der Waals surface area contributed by atoms with Crippen molar-refractivity contribution in [3.8, 4) is 5.75 Å². The van der Waals surface area contributed by atoms with Crippen molar-refractivity contribution in [2.24, 2.45) is 0 Å². The van der Waals surface area contributed by atoms with Gasteiger partial charge >= 0.3 is 0 Å². The second kappa shape index (κ2) is 6.21. The van der Waals surface area contributed by atoms with Crippen molar-refractivity contribution in [3.63, 3.8) is 0 Å². The topological polar surface area (TPSA) is 34.1 Å². The quantitative estimate of drug-likeness (QED) is 0.775. The average molecular weight is 230 g/mol. The van der Waals surface area contributed by atoms with E-state index in [-0.39, 0.29) is 0 Å². The molecule has 0 saturated carbocycles. The molecule has 0 aliphatic carbocycles. The molecule has 0 radical (unpaired) electrons. The molecule has 1 aromatic carbocycles. The third-order valence-electron chi connectivity index (χ3n) is 2.59. The summed E-state index contributed by atoms with van der Waals surface area (Å²) < 4.78 is 5.68. The van der Waals surface area contributed by atoms with Gasteiger partial charge in [-0.3, -0.25) is 4.98 Å². The average Bonchev–Trinajstić information content (AvgIpc) is 2.38. The maximum Gasteiger partial charge on any atom is 0.121 e. The van der Waals surface area contributed by atoms with Crippen LogP contribution in [0.5, 0.6) is 5.75 Å². The van der Waals surface area contributed by atoms with Gasteiger partial charge in [0.2, 0.25) is 0 Å². The molecule has 1 aromatic heterocycles. The highest BCUT2D eigenvalue weighted by atomic mass is 16.5. The molecule has 0 spiro atoms. The Labute approximate surface area is 102 Å². The summed E-state index contributed by atoms with van der Waals surface area (Å²) in [5.41, 5.74) is 0.983. The van der Waals surface area contributed by atoms with E-state index in [1.807, 2.05) is 24.3 Å². The molecule has 0 aliphatic heterocycles. The maximum atomic E-state index is 5.68. The van der Waals surface area contributed by atoms with Gasteiger partial charge in [-0.05, 0) is 37.7 Å². The van der Waals surface area contributed by atoms with Gasteiger partial charge in [-0.15, -0.1) is 0 Å². The van der Waals surface area contributed by atoms with Crippen molar-refractivity contribution < 1.29 is 4.74 Å². The van der Waals surface area contributed by atoms with E-state index >= 15 is 0 Å². The molecule has 2 rings (SSSR count). The van der Waals surface area contributed by atoms with E-state index in [0.29, 0.717) is 0 Å². The van der Waals surface area contributed by atoms with Crippen LogP contribution in [0.2, 0.25) is 0 Å². The first kappa shape index (κ1) is 11.9. The number of hydrogen-bond donors (Lipinski definition) is 1. The first-order valence-corrected chi connectivity index (χ1v) is 6.08. The molecule has 0 atom stereocenters. The fraction of sp³-hybridized carbons (Fsp3) is 0.357. The first-order valence-electron chi connectivity index (χ1n) is 6.08. The number of nitrogens with zero attached hydrogens (tertiary/aromatic N) is 1. The van der Waals surface area contributed by atoms with Crippen molar-refractivity contribution in [2.75, 3.05) is 19.7 Å². The molecule has 1 N–H and O–H groups in total. The van der Waals surface area contributed by atoms with E-state index in [1.54, 1.807) is 6.20 Å². The first-order chi connectivity index (χ1) is 8.40. The van der Waals surface area contributed by atoms with Crippen LogP contribution < -0.4 is 10.1 Å². The summed E-state index contributed by atoms with van der Waals surface area (Å²) in [4.78, 5) is 4.31. The summed E-state index contributed by atoms with van der Waals surface area (Å²) in [5, 5.41) is 4.42. The summed E-state index contributed by atoms with van der Waals surface area (Å²) in [6.45, 7) is 4.86. The highest BCUT2D eigenvalue weighted by molar-refractivity contribution is 5.79. The van der Waals surface area contributed by atoms with Crippen LogP contribution in [0.15, 0.2) is 36.5 Å². The van der Waals surface area contributed by atoms with Crippen molar-refractivity contribution >= 4 is 10.9 Å². The fourth-order valence-corrected chi connectivity index (χ4v) is 1.70. The smallest absolute Gasteiger partial charge is 0.121 e. The summed E-state index contributed by atoms with van der Waals surface area (Å²) in [6.07, 6.45) is 2.82. The Morgan fingerprint density at radius 3 is 3.12 bits per heavy atom. The Kier molecular flexibility index (Phi) is 4.33. The number of ether oxygens (including phenoxy) is 1. The van der Waals surface area contributed by atoms with E-state index < -0.39 is 0 Å². The summed E-state index contributed by atoms with van der Waals surface area (Å²) in [5.74, 6) is 0.896. The second-order valence-electron chi connectivity index (χ2n) is 3.91. The molecule has 0 unspecified atom stereocenters.